The molecule has 2 N–H and O–H groups in total. The van der Waals surface area contributed by atoms with E-state index in [4.69, 9.17) is 5.73 Å². The first-order chi connectivity index (χ1) is 9.52. The second-order valence-corrected chi connectivity index (χ2v) is 4.96. The van der Waals surface area contributed by atoms with E-state index in [1.807, 2.05) is 35.7 Å². The molecule has 6 heteroatoms. The summed E-state index contributed by atoms with van der Waals surface area (Å²) in [7, 11) is 1.63. The molecule has 110 valence electrons. The number of halogens is 2. The molecule has 2 rings (SSSR count). The molecule has 0 aliphatic rings. The van der Waals surface area contributed by atoms with Gasteiger partial charge in [-0.15, -0.1) is 0 Å². The van der Waals surface area contributed by atoms with E-state index >= 15 is 0 Å². The molecule has 0 aliphatic carbocycles. The highest BCUT2D eigenvalue weighted by atomic mass is 19.3. The van der Waals surface area contributed by atoms with Gasteiger partial charge >= 0.3 is 0 Å². The molecule has 2 aromatic rings. The van der Waals surface area contributed by atoms with Crippen molar-refractivity contribution < 1.29 is 8.78 Å². The van der Waals surface area contributed by atoms with Gasteiger partial charge < -0.3 is 15.0 Å². The lowest BCUT2D eigenvalue weighted by Gasteiger charge is -2.19. The summed E-state index contributed by atoms with van der Waals surface area (Å²) >= 11 is 0. The highest BCUT2D eigenvalue weighted by Gasteiger charge is 2.19. The molecule has 0 radical (unpaired) electrons. The van der Waals surface area contributed by atoms with Crippen LogP contribution in [0.1, 0.15) is 19.0 Å². The lowest BCUT2D eigenvalue weighted by molar-refractivity contribution is 0.156. The molecular weight excluding hydrogens is 262 g/mol. The van der Waals surface area contributed by atoms with E-state index in [1.165, 1.54) is 4.90 Å². The van der Waals surface area contributed by atoms with Gasteiger partial charge in [-0.2, -0.15) is 0 Å². The minimum absolute atomic E-state index is 0.00574. The van der Waals surface area contributed by atoms with Crippen molar-refractivity contribution in [2.75, 3.05) is 18.5 Å². The number of imidazole rings is 1. The van der Waals surface area contributed by atoms with Crippen LogP contribution in [0.5, 0.6) is 0 Å². The van der Waals surface area contributed by atoms with Crippen molar-refractivity contribution in [3.63, 3.8) is 0 Å². The van der Waals surface area contributed by atoms with Gasteiger partial charge in [0.1, 0.15) is 5.65 Å². The monoisotopic (exact) mass is 282 g/mol. The Morgan fingerprint density at radius 3 is 2.80 bits per heavy atom. The van der Waals surface area contributed by atoms with Crippen molar-refractivity contribution in [1.29, 1.82) is 0 Å². The lowest BCUT2D eigenvalue weighted by Crippen LogP contribution is -2.28. The summed E-state index contributed by atoms with van der Waals surface area (Å²) in [5.41, 5.74) is 7.66. The highest BCUT2D eigenvalue weighted by Crippen LogP contribution is 2.23. The fraction of sp³-hybridized carbons (Fsp3) is 0.500. The van der Waals surface area contributed by atoms with Crippen LogP contribution >= 0.6 is 0 Å². The summed E-state index contributed by atoms with van der Waals surface area (Å²) in [4.78, 5) is 5.95. The first kappa shape index (κ1) is 14.7. The average Bonchev–Trinajstić information content (AvgIpc) is 2.77. The van der Waals surface area contributed by atoms with Gasteiger partial charge in [0.2, 0.25) is 0 Å². The van der Waals surface area contributed by atoms with Crippen LogP contribution in [-0.2, 0) is 6.42 Å². The number of anilines is 1. The van der Waals surface area contributed by atoms with Crippen LogP contribution in [0, 0.1) is 0 Å². The zero-order chi connectivity index (χ0) is 14.7. The number of aromatic nitrogens is 2. The molecule has 0 aromatic carbocycles. The standard InChI is InChI=1S/C14H20F2N4/c1-3-10(17)8-11-14(19(2)9-12(15)16)18-13-6-4-5-7-20(11)13/h4-7,10,12H,3,8-9,17H2,1-2H3. The van der Waals surface area contributed by atoms with Gasteiger partial charge in [-0.3, -0.25) is 0 Å². The minimum Gasteiger partial charge on any atom is -0.352 e. The van der Waals surface area contributed by atoms with Gasteiger partial charge in [0.15, 0.2) is 5.82 Å². The SMILES string of the molecule is CCC(N)Cc1c(N(C)CC(F)F)nc2ccccn12. The normalized spacial score (nSPS) is 13.1. The molecule has 0 bridgehead atoms. The van der Waals surface area contributed by atoms with E-state index in [0.717, 1.165) is 17.8 Å². The molecule has 0 fully saturated rings. The van der Waals surface area contributed by atoms with Crippen LogP contribution in [0.2, 0.25) is 0 Å². The maximum atomic E-state index is 12.6. The summed E-state index contributed by atoms with van der Waals surface area (Å²) < 4.78 is 27.1. The summed E-state index contributed by atoms with van der Waals surface area (Å²) in [6.07, 6.45) is 0.945. The topological polar surface area (TPSA) is 46.6 Å². The van der Waals surface area contributed by atoms with Gasteiger partial charge in [-0.25, -0.2) is 13.8 Å². The van der Waals surface area contributed by atoms with Crippen molar-refractivity contribution in [2.45, 2.75) is 32.2 Å². The van der Waals surface area contributed by atoms with Crippen molar-refractivity contribution in [2.24, 2.45) is 5.73 Å². The van der Waals surface area contributed by atoms with E-state index in [9.17, 15) is 8.78 Å². The molecule has 1 atom stereocenters. The van der Waals surface area contributed by atoms with E-state index in [1.54, 1.807) is 7.05 Å². The van der Waals surface area contributed by atoms with E-state index in [2.05, 4.69) is 4.98 Å². The summed E-state index contributed by atoms with van der Waals surface area (Å²) in [6, 6.07) is 5.63. The molecule has 2 aromatic heterocycles. The number of hydrogen-bond donors (Lipinski definition) is 1. The van der Waals surface area contributed by atoms with Gasteiger partial charge in [-0.05, 0) is 18.6 Å². The Hall–Kier alpha value is -1.69. The zero-order valence-corrected chi connectivity index (χ0v) is 11.8. The van der Waals surface area contributed by atoms with Gasteiger partial charge in [0.25, 0.3) is 6.43 Å². The van der Waals surface area contributed by atoms with Crippen LogP contribution < -0.4 is 10.6 Å². The molecule has 0 aliphatic heterocycles. The Balaban J connectivity index is 2.43. The second kappa shape index (κ2) is 6.17. The van der Waals surface area contributed by atoms with Gasteiger partial charge in [0, 0.05) is 25.7 Å². The third-order valence-corrected chi connectivity index (χ3v) is 3.36. The predicted molar refractivity (Wildman–Crippen MR) is 76.4 cm³/mol. The lowest BCUT2D eigenvalue weighted by atomic mass is 10.1. The number of hydrogen-bond acceptors (Lipinski definition) is 3. The molecule has 0 saturated carbocycles. The fourth-order valence-electron chi connectivity index (χ4n) is 2.22. The molecule has 0 spiro atoms. The van der Waals surface area contributed by atoms with Crippen LogP contribution in [0.25, 0.3) is 5.65 Å². The molecular formula is C14H20F2N4. The summed E-state index contributed by atoms with van der Waals surface area (Å²) in [6.45, 7) is 1.68. The Labute approximate surface area is 117 Å². The highest BCUT2D eigenvalue weighted by molar-refractivity contribution is 5.55. The summed E-state index contributed by atoms with van der Waals surface area (Å²) in [5, 5.41) is 0. The summed E-state index contributed by atoms with van der Waals surface area (Å²) in [5.74, 6) is 0.584. The number of fused-ring (bicyclic) bond motifs is 1. The first-order valence-electron chi connectivity index (χ1n) is 6.73. The molecule has 2 heterocycles. The van der Waals surface area contributed by atoms with E-state index in [0.29, 0.717) is 12.2 Å². The Morgan fingerprint density at radius 2 is 2.15 bits per heavy atom. The molecule has 0 saturated heterocycles. The Bertz CT molecular complexity index is 567. The van der Waals surface area contributed by atoms with Gasteiger partial charge in [0.05, 0.1) is 12.2 Å². The van der Waals surface area contributed by atoms with Crippen LogP contribution in [0.4, 0.5) is 14.6 Å². The second-order valence-electron chi connectivity index (χ2n) is 4.96. The zero-order valence-electron chi connectivity index (χ0n) is 11.8. The van der Waals surface area contributed by atoms with Crippen molar-refractivity contribution in [3.8, 4) is 0 Å². The maximum absolute atomic E-state index is 12.6. The molecule has 0 amide bonds. The predicted octanol–water partition coefficient (Wildman–Crippen LogP) is 2.32. The number of nitrogens with two attached hydrogens (primary N) is 1. The number of nitrogens with zero attached hydrogens (tertiary/aromatic N) is 3. The smallest absolute Gasteiger partial charge is 0.255 e. The van der Waals surface area contributed by atoms with Crippen LogP contribution in [0.15, 0.2) is 24.4 Å². The quantitative estimate of drug-likeness (QED) is 0.884. The largest absolute Gasteiger partial charge is 0.352 e. The third-order valence-electron chi connectivity index (χ3n) is 3.36. The van der Waals surface area contributed by atoms with Crippen molar-refractivity contribution in [1.82, 2.24) is 9.38 Å². The van der Waals surface area contributed by atoms with Crippen molar-refractivity contribution >= 4 is 11.5 Å². The Kier molecular flexibility index (Phi) is 4.54. The van der Waals surface area contributed by atoms with Gasteiger partial charge in [-0.1, -0.05) is 13.0 Å². The first-order valence-corrected chi connectivity index (χ1v) is 6.73. The van der Waals surface area contributed by atoms with E-state index < -0.39 is 6.43 Å². The molecule has 1 unspecified atom stereocenters. The molecule has 20 heavy (non-hydrogen) atoms. The average molecular weight is 282 g/mol. The van der Waals surface area contributed by atoms with Crippen molar-refractivity contribution in [3.05, 3.63) is 30.1 Å². The van der Waals surface area contributed by atoms with E-state index in [-0.39, 0.29) is 12.6 Å². The molecule has 4 nitrogen and oxygen atoms in total. The van der Waals surface area contributed by atoms with Crippen LogP contribution in [-0.4, -0.2) is 35.4 Å². The minimum atomic E-state index is -2.39. The van der Waals surface area contributed by atoms with Crippen LogP contribution in [0.3, 0.4) is 0 Å². The number of alkyl halides is 2. The fourth-order valence-corrected chi connectivity index (χ4v) is 2.22. The number of rotatable bonds is 6. The number of pyridine rings is 1. The Morgan fingerprint density at radius 1 is 1.40 bits per heavy atom. The maximum Gasteiger partial charge on any atom is 0.255 e. The third kappa shape index (κ3) is 3.07.